The molecule has 94 valence electrons. The Morgan fingerprint density at radius 3 is 2.38 bits per heavy atom. The van der Waals surface area contributed by atoms with Gasteiger partial charge in [0.1, 0.15) is 0 Å². The second-order valence-corrected chi connectivity index (χ2v) is 5.80. The van der Waals surface area contributed by atoms with Crippen molar-refractivity contribution < 1.29 is 0 Å². The van der Waals surface area contributed by atoms with E-state index in [1.165, 1.54) is 64.7 Å². The highest BCUT2D eigenvalue weighted by atomic mass is 15.2. The van der Waals surface area contributed by atoms with E-state index in [0.717, 1.165) is 6.04 Å². The van der Waals surface area contributed by atoms with Crippen molar-refractivity contribution in [3.8, 4) is 0 Å². The zero-order chi connectivity index (χ0) is 11.4. The van der Waals surface area contributed by atoms with Gasteiger partial charge in [-0.25, -0.2) is 0 Å². The van der Waals surface area contributed by atoms with Crippen LogP contribution >= 0.6 is 0 Å². The van der Waals surface area contributed by atoms with Crippen molar-refractivity contribution in [1.29, 1.82) is 0 Å². The van der Waals surface area contributed by atoms with Gasteiger partial charge in [0, 0.05) is 12.6 Å². The molecule has 0 unspecified atom stereocenters. The number of piperidine rings is 1. The average Bonchev–Trinajstić information content (AvgIpc) is 2.83. The van der Waals surface area contributed by atoms with Gasteiger partial charge in [-0.15, -0.1) is 0 Å². The first-order chi connectivity index (χ1) is 7.78. The van der Waals surface area contributed by atoms with Gasteiger partial charge in [-0.1, -0.05) is 26.7 Å². The van der Waals surface area contributed by atoms with E-state index in [1.54, 1.807) is 0 Å². The lowest BCUT2D eigenvalue weighted by atomic mass is 9.74. The van der Waals surface area contributed by atoms with Crippen molar-refractivity contribution in [2.24, 2.45) is 5.41 Å². The van der Waals surface area contributed by atoms with Crippen LogP contribution in [0.4, 0.5) is 0 Å². The Kier molecular flexibility index (Phi) is 4.26. The molecule has 2 aliphatic heterocycles. The number of likely N-dealkylation sites (tertiary alicyclic amines) is 1. The maximum absolute atomic E-state index is 3.61. The highest BCUT2D eigenvalue weighted by Gasteiger charge is 2.31. The summed E-state index contributed by atoms with van der Waals surface area (Å²) in [6, 6.07) is 0.788. The monoisotopic (exact) mass is 224 g/mol. The van der Waals surface area contributed by atoms with E-state index in [1.807, 2.05) is 0 Å². The summed E-state index contributed by atoms with van der Waals surface area (Å²) >= 11 is 0. The Balaban J connectivity index is 1.75. The van der Waals surface area contributed by atoms with Crippen LogP contribution in [0.5, 0.6) is 0 Å². The van der Waals surface area contributed by atoms with Crippen molar-refractivity contribution >= 4 is 0 Å². The molecule has 0 saturated carbocycles. The lowest BCUT2D eigenvalue weighted by Gasteiger charge is -2.41. The fourth-order valence-corrected chi connectivity index (χ4v) is 3.39. The summed E-state index contributed by atoms with van der Waals surface area (Å²) in [5.41, 5.74) is 0.680. The molecular formula is C14H28N2. The maximum Gasteiger partial charge on any atom is 0.0195 e. The fourth-order valence-electron chi connectivity index (χ4n) is 3.39. The first kappa shape index (κ1) is 12.4. The Morgan fingerprint density at radius 1 is 1.19 bits per heavy atom. The molecule has 0 aromatic rings. The van der Waals surface area contributed by atoms with Gasteiger partial charge in [-0.3, -0.25) is 0 Å². The van der Waals surface area contributed by atoms with Crippen LogP contribution in [0.25, 0.3) is 0 Å². The fraction of sp³-hybridized carbons (Fsp3) is 1.00. The number of nitrogens with one attached hydrogen (secondary N) is 1. The molecule has 0 aliphatic carbocycles. The normalized spacial score (nSPS) is 30.8. The van der Waals surface area contributed by atoms with Gasteiger partial charge < -0.3 is 10.2 Å². The molecule has 0 spiro atoms. The molecule has 0 amide bonds. The highest BCUT2D eigenvalue weighted by molar-refractivity contribution is 4.86. The number of hydrogen-bond donors (Lipinski definition) is 1. The van der Waals surface area contributed by atoms with E-state index in [0.29, 0.717) is 5.41 Å². The van der Waals surface area contributed by atoms with E-state index in [-0.39, 0.29) is 0 Å². The molecule has 0 radical (unpaired) electrons. The van der Waals surface area contributed by atoms with Gasteiger partial charge in [-0.05, 0) is 50.7 Å². The van der Waals surface area contributed by atoms with Crippen LogP contribution in [-0.2, 0) is 0 Å². The third-order valence-corrected chi connectivity index (χ3v) is 5.06. The maximum atomic E-state index is 3.61. The van der Waals surface area contributed by atoms with E-state index in [4.69, 9.17) is 0 Å². The molecule has 16 heavy (non-hydrogen) atoms. The minimum Gasteiger partial charge on any atom is -0.313 e. The van der Waals surface area contributed by atoms with Crippen LogP contribution < -0.4 is 5.32 Å². The molecule has 2 heteroatoms. The zero-order valence-electron chi connectivity index (χ0n) is 11.1. The lowest BCUT2D eigenvalue weighted by molar-refractivity contribution is 0.0900. The van der Waals surface area contributed by atoms with Crippen molar-refractivity contribution in [2.75, 3.05) is 26.2 Å². The number of rotatable bonds is 4. The highest BCUT2D eigenvalue weighted by Crippen LogP contribution is 2.37. The summed E-state index contributed by atoms with van der Waals surface area (Å²) < 4.78 is 0. The quantitative estimate of drug-likeness (QED) is 0.790. The first-order valence-electron chi connectivity index (χ1n) is 7.24. The number of hydrogen-bond acceptors (Lipinski definition) is 2. The summed E-state index contributed by atoms with van der Waals surface area (Å²) in [5.74, 6) is 0. The van der Waals surface area contributed by atoms with E-state index < -0.39 is 0 Å². The molecular weight excluding hydrogens is 196 g/mol. The van der Waals surface area contributed by atoms with Crippen molar-refractivity contribution in [3.05, 3.63) is 0 Å². The SMILES string of the molecule is CCC1(CC)CCN(C[C@H]2CCCN2)CC1. The van der Waals surface area contributed by atoms with Gasteiger partial charge in [0.2, 0.25) is 0 Å². The summed E-state index contributed by atoms with van der Waals surface area (Å²) in [6.07, 6.45) is 8.37. The van der Waals surface area contributed by atoms with E-state index >= 15 is 0 Å². The molecule has 0 aromatic carbocycles. The van der Waals surface area contributed by atoms with Crippen molar-refractivity contribution in [1.82, 2.24) is 10.2 Å². The first-order valence-corrected chi connectivity index (χ1v) is 7.24. The van der Waals surface area contributed by atoms with Crippen molar-refractivity contribution in [2.45, 2.75) is 58.4 Å². The predicted molar refractivity (Wildman–Crippen MR) is 69.7 cm³/mol. The second kappa shape index (κ2) is 5.50. The van der Waals surface area contributed by atoms with E-state index in [9.17, 15) is 0 Å². The second-order valence-electron chi connectivity index (χ2n) is 5.80. The summed E-state index contributed by atoms with van der Waals surface area (Å²) in [5, 5.41) is 3.61. The van der Waals surface area contributed by atoms with Gasteiger partial charge in [0.05, 0.1) is 0 Å². The van der Waals surface area contributed by atoms with E-state index in [2.05, 4.69) is 24.1 Å². The van der Waals surface area contributed by atoms with Gasteiger partial charge in [-0.2, -0.15) is 0 Å². The minimum absolute atomic E-state index is 0.680. The Hall–Kier alpha value is -0.0800. The molecule has 2 heterocycles. The van der Waals surface area contributed by atoms with Crippen LogP contribution in [-0.4, -0.2) is 37.1 Å². The third kappa shape index (κ3) is 2.78. The number of nitrogens with zero attached hydrogens (tertiary/aromatic N) is 1. The minimum atomic E-state index is 0.680. The summed E-state index contributed by atoms with van der Waals surface area (Å²) in [7, 11) is 0. The third-order valence-electron chi connectivity index (χ3n) is 5.06. The van der Waals surface area contributed by atoms with Crippen molar-refractivity contribution in [3.63, 3.8) is 0 Å². The Labute approximate surface area is 101 Å². The van der Waals surface area contributed by atoms with Crippen LogP contribution in [0.1, 0.15) is 52.4 Å². The standard InChI is InChI=1S/C14H28N2/c1-3-14(4-2)7-10-16(11-8-14)12-13-6-5-9-15-13/h13,15H,3-12H2,1-2H3/t13-/m1/s1. The molecule has 2 aliphatic rings. The molecule has 0 bridgehead atoms. The average molecular weight is 224 g/mol. The van der Waals surface area contributed by atoms with Crippen LogP contribution in [0.15, 0.2) is 0 Å². The summed E-state index contributed by atoms with van der Waals surface area (Å²) in [4.78, 5) is 2.69. The Bertz CT molecular complexity index is 195. The molecule has 1 N–H and O–H groups in total. The van der Waals surface area contributed by atoms with Gasteiger partial charge >= 0.3 is 0 Å². The molecule has 2 nitrogen and oxygen atoms in total. The molecule has 2 fully saturated rings. The van der Waals surface area contributed by atoms with Crippen LogP contribution in [0.3, 0.4) is 0 Å². The topological polar surface area (TPSA) is 15.3 Å². The molecule has 2 rings (SSSR count). The molecule has 1 atom stereocenters. The summed E-state index contributed by atoms with van der Waals surface area (Å²) in [6.45, 7) is 9.95. The predicted octanol–water partition coefficient (Wildman–Crippen LogP) is 2.64. The van der Waals surface area contributed by atoms with Gasteiger partial charge in [0.25, 0.3) is 0 Å². The largest absolute Gasteiger partial charge is 0.313 e. The van der Waals surface area contributed by atoms with Crippen LogP contribution in [0.2, 0.25) is 0 Å². The molecule has 0 aromatic heterocycles. The Morgan fingerprint density at radius 2 is 1.88 bits per heavy atom. The smallest absolute Gasteiger partial charge is 0.0195 e. The zero-order valence-corrected chi connectivity index (χ0v) is 11.1. The lowest BCUT2D eigenvalue weighted by Crippen LogP contribution is -2.44. The molecule has 2 saturated heterocycles. The van der Waals surface area contributed by atoms with Gasteiger partial charge in [0.15, 0.2) is 0 Å². The van der Waals surface area contributed by atoms with Crippen LogP contribution in [0, 0.1) is 5.41 Å².